The molecule has 2 aromatic rings. The van der Waals surface area contributed by atoms with Gasteiger partial charge in [0.1, 0.15) is 0 Å². The summed E-state index contributed by atoms with van der Waals surface area (Å²) in [6.45, 7) is 1.84. The number of halogens is 1. The van der Waals surface area contributed by atoms with Crippen LogP contribution in [-0.2, 0) is 6.54 Å². The van der Waals surface area contributed by atoms with E-state index in [1.807, 2.05) is 43.8 Å². The fourth-order valence-electron chi connectivity index (χ4n) is 1.59. The van der Waals surface area contributed by atoms with Gasteiger partial charge in [0.25, 0.3) is 0 Å². The Balaban J connectivity index is 2.26. The van der Waals surface area contributed by atoms with Crippen LogP contribution in [0, 0.1) is 0 Å². The molecule has 2 rings (SSSR count). The van der Waals surface area contributed by atoms with E-state index in [1.165, 1.54) is 0 Å². The van der Waals surface area contributed by atoms with Crippen molar-refractivity contribution in [3.63, 3.8) is 0 Å². The van der Waals surface area contributed by atoms with E-state index < -0.39 is 0 Å². The zero-order chi connectivity index (χ0) is 11.4. The van der Waals surface area contributed by atoms with E-state index in [0.717, 1.165) is 29.4 Å². The molecular formula is C12H14ClN3. The molecule has 0 bridgehead atoms. The van der Waals surface area contributed by atoms with Crippen LogP contribution in [0.4, 0.5) is 0 Å². The van der Waals surface area contributed by atoms with Gasteiger partial charge >= 0.3 is 0 Å². The molecule has 3 nitrogen and oxygen atoms in total. The maximum absolute atomic E-state index is 5.86. The van der Waals surface area contributed by atoms with E-state index in [-0.39, 0.29) is 0 Å². The van der Waals surface area contributed by atoms with E-state index in [2.05, 4.69) is 14.9 Å². The highest BCUT2D eigenvalue weighted by atomic mass is 35.5. The number of aromatic nitrogens is 2. The molecule has 0 atom stereocenters. The Labute approximate surface area is 100 Å². The second-order valence-electron chi connectivity index (χ2n) is 3.58. The molecule has 0 aliphatic rings. The van der Waals surface area contributed by atoms with E-state index in [1.54, 1.807) is 0 Å². The molecule has 0 saturated carbocycles. The SMILES string of the molecule is CNCCn1cncc1-c1ccc(Cl)cc1. The largest absolute Gasteiger partial charge is 0.329 e. The molecule has 0 amide bonds. The molecule has 1 N–H and O–H groups in total. The summed E-state index contributed by atoms with van der Waals surface area (Å²) in [5.41, 5.74) is 2.25. The Hall–Kier alpha value is -1.32. The molecule has 0 fully saturated rings. The van der Waals surface area contributed by atoms with Crippen molar-refractivity contribution < 1.29 is 0 Å². The van der Waals surface area contributed by atoms with Crippen LogP contribution in [0.5, 0.6) is 0 Å². The Morgan fingerprint density at radius 3 is 2.75 bits per heavy atom. The highest BCUT2D eigenvalue weighted by Gasteiger charge is 2.04. The number of hydrogen-bond donors (Lipinski definition) is 1. The topological polar surface area (TPSA) is 29.9 Å². The highest BCUT2D eigenvalue weighted by molar-refractivity contribution is 6.30. The molecule has 1 heterocycles. The number of hydrogen-bond acceptors (Lipinski definition) is 2. The Bertz CT molecular complexity index is 448. The van der Waals surface area contributed by atoms with Gasteiger partial charge in [-0.2, -0.15) is 0 Å². The van der Waals surface area contributed by atoms with Gasteiger partial charge in [-0.05, 0) is 24.7 Å². The Morgan fingerprint density at radius 1 is 1.31 bits per heavy atom. The lowest BCUT2D eigenvalue weighted by atomic mass is 10.2. The van der Waals surface area contributed by atoms with E-state index in [4.69, 9.17) is 11.6 Å². The van der Waals surface area contributed by atoms with Gasteiger partial charge in [0.05, 0.1) is 18.2 Å². The van der Waals surface area contributed by atoms with E-state index in [0.29, 0.717) is 0 Å². The van der Waals surface area contributed by atoms with Crippen LogP contribution in [0.25, 0.3) is 11.3 Å². The number of nitrogens with zero attached hydrogens (tertiary/aromatic N) is 2. The predicted octanol–water partition coefficient (Wildman–Crippen LogP) is 2.42. The quantitative estimate of drug-likeness (QED) is 0.882. The van der Waals surface area contributed by atoms with Gasteiger partial charge in [-0.25, -0.2) is 4.98 Å². The minimum atomic E-state index is 0.755. The van der Waals surface area contributed by atoms with Gasteiger partial charge in [0, 0.05) is 18.1 Å². The summed E-state index contributed by atoms with van der Waals surface area (Å²) in [6.07, 6.45) is 3.72. The maximum atomic E-state index is 5.86. The van der Waals surface area contributed by atoms with Gasteiger partial charge in [0.2, 0.25) is 0 Å². The molecule has 84 valence electrons. The molecular weight excluding hydrogens is 222 g/mol. The van der Waals surface area contributed by atoms with Gasteiger partial charge < -0.3 is 9.88 Å². The zero-order valence-electron chi connectivity index (χ0n) is 9.15. The number of benzene rings is 1. The third-order valence-corrected chi connectivity index (χ3v) is 2.71. The lowest BCUT2D eigenvalue weighted by Crippen LogP contribution is -2.14. The van der Waals surface area contributed by atoms with Crippen molar-refractivity contribution in [1.82, 2.24) is 14.9 Å². The Morgan fingerprint density at radius 2 is 2.06 bits per heavy atom. The molecule has 1 aromatic carbocycles. The zero-order valence-corrected chi connectivity index (χ0v) is 9.91. The monoisotopic (exact) mass is 235 g/mol. The summed E-state index contributed by atoms with van der Waals surface area (Å²) in [5.74, 6) is 0. The van der Waals surface area contributed by atoms with Crippen LogP contribution in [0.1, 0.15) is 0 Å². The molecule has 0 radical (unpaired) electrons. The summed E-state index contributed by atoms with van der Waals surface area (Å²) in [6, 6.07) is 7.81. The van der Waals surface area contributed by atoms with Crippen molar-refractivity contribution in [2.75, 3.05) is 13.6 Å². The van der Waals surface area contributed by atoms with Crippen molar-refractivity contribution in [1.29, 1.82) is 0 Å². The lowest BCUT2D eigenvalue weighted by Gasteiger charge is -2.07. The molecule has 0 spiro atoms. The van der Waals surface area contributed by atoms with Crippen LogP contribution >= 0.6 is 11.6 Å². The van der Waals surface area contributed by atoms with Gasteiger partial charge in [-0.3, -0.25) is 0 Å². The molecule has 16 heavy (non-hydrogen) atoms. The second-order valence-corrected chi connectivity index (χ2v) is 4.02. The summed E-state index contributed by atoms with van der Waals surface area (Å²) in [7, 11) is 1.94. The van der Waals surface area contributed by atoms with E-state index >= 15 is 0 Å². The van der Waals surface area contributed by atoms with Gasteiger partial charge in [-0.15, -0.1) is 0 Å². The molecule has 0 aliphatic carbocycles. The molecule has 1 aromatic heterocycles. The van der Waals surface area contributed by atoms with E-state index in [9.17, 15) is 0 Å². The van der Waals surface area contributed by atoms with Crippen LogP contribution < -0.4 is 5.32 Å². The molecule has 0 unspecified atom stereocenters. The molecule has 4 heteroatoms. The Kier molecular flexibility index (Phi) is 3.59. The maximum Gasteiger partial charge on any atom is 0.0951 e. The summed E-state index contributed by atoms with van der Waals surface area (Å²) in [5, 5.41) is 3.88. The third kappa shape index (κ3) is 2.43. The van der Waals surface area contributed by atoms with Gasteiger partial charge in [0.15, 0.2) is 0 Å². The first kappa shape index (κ1) is 11.2. The lowest BCUT2D eigenvalue weighted by molar-refractivity contribution is 0.648. The first-order valence-corrected chi connectivity index (χ1v) is 5.59. The van der Waals surface area contributed by atoms with Crippen LogP contribution in [0.15, 0.2) is 36.8 Å². The van der Waals surface area contributed by atoms with Gasteiger partial charge in [-0.1, -0.05) is 23.7 Å². The number of imidazole rings is 1. The van der Waals surface area contributed by atoms with Crippen LogP contribution in [-0.4, -0.2) is 23.1 Å². The van der Waals surface area contributed by atoms with Crippen molar-refractivity contribution in [2.45, 2.75) is 6.54 Å². The number of nitrogens with one attached hydrogen (secondary N) is 1. The average molecular weight is 236 g/mol. The summed E-state index contributed by atoms with van der Waals surface area (Å²) in [4.78, 5) is 4.18. The number of likely N-dealkylation sites (N-methyl/N-ethyl adjacent to an activating group) is 1. The van der Waals surface area contributed by atoms with Crippen molar-refractivity contribution in [3.05, 3.63) is 41.8 Å². The molecule has 0 aliphatic heterocycles. The first-order valence-electron chi connectivity index (χ1n) is 5.22. The van der Waals surface area contributed by atoms with Crippen molar-refractivity contribution >= 4 is 11.6 Å². The standard InChI is InChI=1S/C12H14ClN3/c1-14-6-7-16-9-15-8-12(16)10-2-4-11(13)5-3-10/h2-5,8-9,14H,6-7H2,1H3. The van der Waals surface area contributed by atoms with Crippen molar-refractivity contribution in [3.8, 4) is 11.3 Å². The third-order valence-electron chi connectivity index (χ3n) is 2.45. The van der Waals surface area contributed by atoms with Crippen LogP contribution in [0.3, 0.4) is 0 Å². The first-order chi connectivity index (χ1) is 7.81. The average Bonchev–Trinajstić information content (AvgIpc) is 2.75. The van der Waals surface area contributed by atoms with Crippen molar-refractivity contribution in [2.24, 2.45) is 0 Å². The predicted molar refractivity (Wildman–Crippen MR) is 66.6 cm³/mol. The fourth-order valence-corrected chi connectivity index (χ4v) is 1.72. The molecule has 0 saturated heterocycles. The smallest absolute Gasteiger partial charge is 0.0951 e. The minimum absolute atomic E-state index is 0.755. The number of rotatable bonds is 4. The summed E-state index contributed by atoms with van der Waals surface area (Å²) < 4.78 is 2.12. The summed E-state index contributed by atoms with van der Waals surface area (Å²) >= 11 is 5.86. The highest BCUT2D eigenvalue weighted by Crippen LogP contribution is 2.20. The minimum Gasteiger partial charge on any atom is -0.329 e. The van der Waals surface area contributed by atoms with Crippen LogP contribution in [0.2, 0.25) is 5.02 Å². The normalized spacial score (nSPS) is 10.6. The second kappa shape index (κ2) is 5.14. The fraction of sp³-hybridized carbons (Fsp3) is 0.250.